The van der Waals surface area contributed by atoms with Gasteiger partial charge in [0.2, 0.25) is 0 Å². The Labute approximate surface area is 129 Å². The molecule has 0 fully saturated rings. The van der Waals surface area contributed by atoms with E-state index in [4.69, 9.17) is 16.3 Å². The molecule has 1 aliphatic heterocycles. The lowest BCUT2D eigenvalue weighted by Gasteiger charge is -2.24. The minimum absolute atomic E-state index is 0.220. The van der Waals surface area contributed by atoms with Gasteiger partial charge in [0.05, 0.1) is 18.8 Å². The maximum atomic E-state index is 5.97. The lowest BCUT2D eigenvalue weighted by Crippen LogP contribution is -2.18. The van der Waals surface area contributed by atoms with Crippen LogP contribution in [0.25, 0.3) is 0 Å². The third-order valence-electron chi connectivity index (χ3n) is 3.65. The van der Waals surface area contributed by atoms with Crippen LogP contribution in [0, 0.1) is 0 Å². The summed E-state index contributed by atoms with van der Waals surface area (Å²) in [4.78, 5) is 0. The molecule has 3 nitrogen and oxygen atoms in total. The highest BCUT2D eigenvalue weighted by atomic mass is 35.5. The number of rotatable bonds is 3. The first kappa shape index (κ1) is 14.0. The molecule has 0 aromatic heterocycles. The Hall–Kier alpha value is -2.00. The molecule has 0 radical (unpaired) electrons. The molecule has 21 heavy (non-hydrogen) atoms. The fourth-order valence-electron chi connectivity index (χ4n) is 2.58. The third-order valence-corrected chi connectivity index (χ3v) is 3.91. The second-order valence-electron chi connectivity index (χ2n) is 5.15. The van der Waals surface area contributed by atoms with E-state index in [0.29, 0.717) is 0 Å². The van der Waals surface area contributed by atoms with Gasteiger partial charge in [0.15, 0.2) is 0 Å². The van der Waals surface area contributed by atoms with Gasteiger partial charge in [-0.1, -0.05) is 23.7 Å². The molecular weight excluding hydrogens is 284 g/mol. The van der Waals surface area contributed by atoms with Crippen molar-refractivity contribution in [2.45, 2.75) is 19.4 Å². The van der Waals surface area contributed by atoms with E-state index in [1.165, 1.54) is 5.56 Å². The summed E-state index contributed by atoms with van der Waals surface area (Å²) >= 11 is 5.97. The van der Waals surface area contributed by atoms with Crippen LogP contribution < -0.4 is 9.75 Å². The molecule has 0 amide bonds. The Morgan fingerprint density at radius 3 is 2.38 bits per heavy atom. The van der Waals surface area contributed by atoms with Gasteiger partial charge in [-0.2, -0.15) is 5.10 Å². The van der Waals surface area contributed by atoms with Crippen LogP contribution in [0.3, 0.4) is 0 Å². The maximum Gasteiger partial charge on any atom is 0.118 e. The highest BCUT2D eigenvalue weighted by molar-refractivity contribution is 6.30. The molecule has 2 aromatic carbocycles. The topological polar surface area (TPSA) is 24.8 Å². The van der Waals surface area contributed by atoms with Crippen molar-refractivity contribution in [2.24, 2.45) is 5.10 Å². The first-order valence-electron chi connectivity index (χ1n) is 6.90. The highest BCUT2D eigenvalue weighted by Gasteiger charge is 2.27. The quantitative estimate of drug-likeness (QED) is 0.822. The van der Waals surface area contributed by atoms with Gasteiger partial charge in [0.25, 0.3) is 0 Å². The normalized spacial score (nSPS) is 17.8. The predicted octanol–water partition coefficient (Wildman–Crippen LogP) is 4.68. The zero-order chi connectivity index (χ0) is 14.8. The molecule has 0 N–H and O–H groups in total. The number of hydrazone groups is 1. The van der Waals surface area contributed by atoms with Gasteiger partial charge in [0.1, 0.15) is 5.75 Å². The van der Waals surface area contributed by atoms with E-state index in [0.717, 1.165) is 28.6 Å². The molecule has 3 rings (SSSR count). The Bertz CT molecular complexity index is 649. The summed E-state index contributed by atoms with van der Waals surface area (Å²) in [6.45, 7) is 2.06. The molecule has 1 heterocycles. The summed E-state index contributed by atoms with van der Waals surface area (Å²) < 4.78 is 5.22. The fourth-order valence-corrected chi connectivity index (χ4v) is 2.70. The van der Waals surface area contributed by atoms with Crippen molar-refractivity contribution in [1.29, 1.82) is 0 Å². The number of benzene rings is 2. The molecular formula is C17H17ClN2O. The van der Waals surface area contributed by atoms with E-state index in [1.807, 2.05) is 36.4 Å². The minimum atomic E-state index is 0.220. The number of hydrogen-bond donors (Lipinski definition) is 0. The van der Waals surface area contributed by atoms with Crippen molar-refractivity contribution in [3.63, 3.8) is 0 Å². The number of ether oxygens (including phenoxy) is 1. The minimum Gasteiger partial charge on any atom is -0.497 e. The summed E-state index contributed by atoms with van der Waals surface area (Å²) in [5, 5.41) is 7.46. The molecule has 0 saturated heterocycles. The molecule has 4 heteroatoms. The van der Waals surface area contributed by atoms with E-state index in [-0.39, 0.29) is 6.04 Å². The zero-order valence-electron chi connectivity index (χ0n) is 12.1. The Kier molecular flexibility index (Phi) is 3.84. The van der Waals surface area contributed by atoms with Gasteiger partial charge >= 0.3 is 0 Å². The van der Waals surface area contributed by atoms with Crippen LogP contribution in [-0.4, -0.2) is 12.8 Å². The standard InChI is InChI=1S/C17H17ClN2O/c1-12-11-17(13-3-9-16(21-2)10-4-13)20(19-12)15-7-5-14(18)6-8-15/h3-10,17H,11H2,1-2H3. The number of halogens is 1. The van der Waals surface area contributed by atoms with Crippen molar-refractivity contribution >= 4 is 23.0 Å². The van der Waals surface area contributed by atoms with Gasteiger partial charge in [0, 0.05) is 17.2 Å². The van der Waals surface area contributed by atoms with Gasteiger partial charge < -0.3 is 4.74 Å². The summed E-state index contributed by atoms with van der Waals surface area (Å²) in [5.74, 6) is 0.868. The van der Waals surface area contributed by atoms with Gasteiger partial charge in [-0.15, -0.1) is 0 Å². The van der Waals surface area contributed by atoms with E-state index in [1.54, 1.807) is 7.11 Å². The monoisotopic (exact) mass is 300 g/mol. The second kappa shape index (κ2) is 5.78. The molecule has 108 valence electrons. The highest BCUT2D eigenvalue weighted by Crippen LogP contribution is 2.36. The van der Waals surface area contributed by atoms with Crippen molar-refractivity contribution in [3.8, 4) is 5.75 Å². The SMILES string of the molecule is COc1ccc(C2CC(C)=NN2c2ccc(Cl)cc2)cc1. The van der Waals surface area contributed by atoms with Gasteiger partial charge in [-0.05, 0) is 48.9 Å². The lowest BCUT2D eigenvalue weighted by molar-refractivity contribution is 0.414. The number of nitrogens with zero attached hydrogens (tertiary/aromatic N) is 2. The van der Waals surface area contributed by atoms with E-state index in [2.05, 4.69) is 29.2 Å². The van der Waals surface area contributed by atoms with Crippen LogP contribution in [0.1, 0.15) is 24.9 Å². The molecule has 0 saturated carbocycles. The number of methoxy groups -OCH3 is 1. The van der Waals surface area contributed by atoms with Gasteiger partial charge in [-0.3, -0.25) is 5.01 Å². The number of anilines is 1. The predicted molar refractivity (Wildman–Crippen MR) is 87.4 cm³/mol. The maximum absolute atomic E-state index is 5.97. The largest absolute Gasteiger partial charge is 0.497 e. The molecule has 0 bridgehead atoms. The van der Waals surface area contributed by atoms with Crippen LogP contribution in [0.5, 0.6) is 5.75 Å². The van der Waals surface area contributed by atoms with E-state index < -0.39 is 0 Å². The molecule has 1 unspecified atom stereocenters. The Morgan fingerprint density at radius 2 is 1.76 bits per heavy atom. The van der Waals surface area contributed by atoms with Crippen LogP contribution in [-0.2, 0) is 0 Å². The average molecular weight is 301 g/mol. The number of hydrogen-bond acceptors (Lipinski definition) is 3. The smallest absolute Gasteiger partial charge is 0.118 e. The molecule has 0 aliphatic carbocycles. The third kappa shape index (κ3) is 2.88. The van der Waals surface area contributed by atoms with E-state index >= 15 is 0 Å². The molecule has 1 atom stereocenters. The summed E-state index contributed by atoms with van der Waals surface area (Å²) in [5.41, 5.74) is 3.41. The van der Waals surface area contributed by atoms with E-state index in [9.17, 15) is 0 Å². The van der Waals surface area contributed by atoms with Crippen molar-refractivity contribution in [2.75, 3.05) is 12.1 Å². The Balaban J connectivity index is 1.91. The molecule has 2 aromatic rings. The molecule has 1 aliphatic rings. The first-order valence-corrected chi connectivity index (χ1v) is 7.28. The van der Waals surface area contributed by atoms with Crippen LogP contribution in [0.2, 0.25) is 5.02 Å². The fraction of sp³-hybridized carbons (Fsp3) is 0.235. The van der Waals surface area contributed by atoms with Crippen LogP contribution in [0.15, 0.2) is 53.6 Å². The second-order valence-corrected chi connectivity index (χ2v) is 5.59. The zero-order valence-corrected chi connectivity index (χ0v) is 12.8. The van der Waals surface area contributed by atoms with Crippen LogP contribution in [0.4, 0.5) is 5.69 Å². The summed E-state index contributed by atoms with van der Waals surface area (Å²) in [7, 11) is 1.68. The Morgan fingerprint density at radius 1 is 1.10 bits per heavy atom. The summed E-state index contributed by atoms with van der Waals surface area (Å²) in [6, 6.07) is 16.2. The van der Waals surface area contributed by atoms with Crippen molar-refractivity contribution in [3.05, 3.63) is 59.1 Å². The average Bonchev–Trinajstić information content (AvgIpc) is 2.90. The summed E-state index contributed by atoms with van der Waals surface area (Å²) in [6.07, 6.45) is 0.926. The van der Waals surface area contributed by atoms with Gasteiger partial charge in [-0.25, -0.2) is 0 Å². The van der Waals surface area contributed by atoms with Crippen molar-refractivity contribution < 1.29 is 4.74 Å². The molecule has 0 spiro atoms. The lowest BCUT2D eigenvalue weighted by atomic mass is 10.0. The van der Waals surface area contributed by atoms with Crippen molar-refractivity contribution in [1.82, 2.24) is 0 Å². The first-order chi connectivity index (χ1) is 10.2. The van der Waals surface area contributed by atoms with Crippen LogP contribution >= 0.6 is 11.6 Å².